The Kier molecular flexibility index (Phi) is 6.43. The van der Waals surface area contributed by atoms with E-state index >= 15 is 0 Å². The number of hydroxylamine groups is 2. The van der Waals surface area contributed by atoms with Gasteiger partial charge in [-0.3, -0.25) is 4.55 Å². The van der Waals surface area contributed by atoms with Gasteiger partial charge in [-0.25, -0.2) is 0 Å². The molecule has 3 fully saturated rings. The quantitative estimate of drug-likeness (QED) is 0.604. The van der Waals surface area contributed by atoms with E-state index in [-0.39, 0.29) is 21.7 Å². The van der Waals surface area contributed by atoms with Crippen LogP contribution >= 0.6 is 0 Å². The van der Waals surface area contributed by atoms with Crippen molar-refractivity contribution in [1.29, 1.82) is 0 Å². The first-order chi connectivity index (χ1) is 14.7. The molecule has 174 valence electrons. The Morgan fingerprint density at radius 1 is 1.00 bits per heavy atom. The zero-order valence-electron chi connectivity index (χ0n) is 18.9. The van der Waals surface area contributed by atoms with Crippen LogP contribution in [0.25, 0.3) is 0 Å². The molecule has 0 unspecified atom stereocenters. The second-order valence-corrected chi connectivity index (χ2v) is 11.7. The number of methoxy groups -OCH3 is 1. The number of aryl methyl sites for hydroxylation is 1. The summed E-state index contributed by atoms with van der Waals surface area (Å²) in [5, 5.41) is 13.3. The second-order valence-electron chi connectivity index (χ2n) is 10.3. The number of rotatable bonds is 4. The van der Waals surface area contributed by atoms with Crippen molar-refractivity contribution in [2.24, 2.45) is 5.92 Å². The molecule has 0 bridgehead atoms. The van der Waals surface area contributed by atoms with Gasteiger partial charge in [0.1, 0.15) is 10.6 Å². The van der Waals surface area contributed by atoms with E-state index in [0.29, 0.717) is 11.5 Å². The SMILES string of the molecule is COc1c(C)cc(CC2CC3(CCCCC3)N(O)C3(CCCCC3)C2)cc1S(=O)(=O)O. The van der Waals surface area contributed by atoms with Gasteiger partial charge in [0.05, 0.1) is 7.11 Å². The van der Waals surface area contributed by atoms with E-state index in [1.165, 1.54) is 20.0 Å². The third kappa shape index (κ3) is 4.39. The molecule has 3 aliphatic rings. The van der Waals surface area contributed by atoms with Gasteiger partial charge >= 0.3 is 0 Å². The van der Waals surface area contributed by atoms with Crippen molar-refractivity contribution in [3.63, 3.8) is 0 Å². The molecular formula is C24H37NO5S. The van der Waals surface area contributed by atoms with Gasteiger partial charge in [-0.05, 0) is 75.0 Å². The minimum absolute atomic E-state index is 0.147. The third-order valence-electron chi connectivity index (χ3n) is 8.11. The Morgan fingerprint density at radius 3 is 1.97 bits per heavy atom. The molecule has 7 heteroatoms. The van der Waals surface area contributed by atoms with Gasteiger partial charge < -0.3 is 9.94 Å². The smallest absolute Gasteiger partial charge is 0.298 e. The number of benzene rings is 1. The average Bonchev–Trinajstić information content (AvgIpc) is 2.72. The Labute approximate surface area is 186 Å². The summed E-state index contributed by atoms with van der Waals surface area (Å²) in [6, 6.07) is 3.56. The minimum Gasteiger partial charge on any atom is -0.495 e. The first kappa shape index (κ1) is 23.0. The van der Waals surface area contributed by atoms with Crippen LogP contribution in [0.3, 0.4) is 0 Å². The van der Waals surface area contributed by atoms with Gasteiger partial charge in [0.2, 0.25) is 0 Å². The van der Waals surface area contributed by atoms with Crippen molar-refractivity contribution in [2.45, 2.75) is 106 Å². The Hall–Kier alpha value is -1.15. The molecule has 1 saturated heterocycles. The molecule has 2 saturated carbocycles. The van der Waals surface area contributed by atoms with Crippen molar-refractivity contribution in [2.75, 3.05) is 7.11 Å². The monoisotopic (exact) mass is 451 g/mol. The minimum atomic E-state index is -4.37. The molecule has 31 heavy (non-hydrogen) atoms. The van der Waals surface area contributed by atoms with Crippen molar-refractivity contribution < 1.29 is 22.9 Å². The first-order valence-electron chi connectivity index (χ1n) is 11.8. The number of piperidine rings is 1. The third-order valence-corrected chi connectivity index (χ3v) is 8.97. The van der Waals surface area contributed by atoms with Gasteiger partial charge in [0, 0.05) is 11.1 Å². The normalized spacial score (nSPS) is 26.3. The van der Waals surface area contributed by atoms with E-state index in [1.807, 2.05) is 18.1 Å². The summed E-state index contributed by atoms with van der Waals surface area (Å²) in [6.45, 7) is 1.82. The first-order valence-corrected chi connectivity index (χ1v) is 13.3. The van der Waals surface area contributed by atoms with Crippen LogP contribution < -0.4 is 4.74 Å². The number of hydrogen-bond acceptors (Lipinski definition) is 5. The van der Waals surface area contributed by atoms with Gasteiger partial charge in [-0.15, -0.1) is 0 Å². The predicted octanol–water partition coefficient (Wildman–Crippen LogP) is 5.30. The average molecular weight is 452 g/mol. The molecule has 1 aliphatic heterocycles. The molecule has 0 amide bonds. The Bertz CT molecular complexity index is 873. The summed E-state index contributed by atoms with van der Waals surface area (Å²) in [4.78, 5) is -0.149. The molecule has 0 radical (unpaired) electrons. The molecular weight excluding hydrogens is 414 g/mol. The Morgan fingerprint density at radius 2 is 1.52 bits per heavy atom. The summed E-state index contributed by atoms with van der Waals surface area (Å²) < 4.78 is 38.9. The second kappa shape index (κ2) is 8.65. The maximum atomic E-state index is 12.0. The highest BCUT2D eigenvalue weighted by molar-refractivity contribution is 7.86. The lowest BCUT2D eigenvalue weighted by Gasteiger charge is -2.59. The molecule has 2 aliphatic carbocycles. The van der Waals surface area contributed by atoms with Crippen LogP contribution in [-0.4, -0.2) is 41.4 Å². The van der Waals surface area contributed by atoms with Crippen LogP contribution in [0.4, 0.5) is 0 Å². The fourth-order valence-electron chi connectivity index (χ4n) is 6.94. The molecule has 0 aromatic heterocycles. The fraction of sp³-hybridized carbons (Fsp3) is 0.750. The van der Waals surface area contributed by atoms with Crippen LogP contribution in [0.2, 0.25) is 0 Å². The summed E-state index contributed by atoms with van der Waals surface area (Å²) in [6.07, 6.45) is 13.9. The van der Waals surface area contributed by atoms with E-state index in [1.54, 1.807) is 6.07 Å². The van der Waals surface area contributed by atoms with Crippen LogP contribution in [0.5, 0.6) is 5.75 Å². The van der Waals surface area contributed by atoms with Crippen LogP contribution in [-0.2, 0) is 16.5 Å². The highest BCUT2D eigenvalue weighted by atomic mass is 32.2. The molecule has 1 heterocycles. The van der Waals surface area contributed by atoms with E-state index < -0.39 is 10.1 Å². The zero-order valence-corrected chi connectivity index (χ0v) is 19.7. The maximum absolute atomic E-state index is 12.0. The van der Waals surface area contributed by atoms with Crippen molar-refractivity contribution >= 4 is 10.1 Å². The van der Waals surface area contributed by atoms with Gasteiger partial charge in [-0.1, -0.05) is 44.6 Å². The molecule has 0 atom stereocenters. The van der Waals surface area contributed by atoms with Gasteiger partial charge in [-0.2, -0.15) is 13.5 Å². The van der Waals surface area contributed by atoms with E-state index in [9.17, 15) is 18.2 Å². The molecule has 2 N–H and O–H groups in total. The summed E-state index contributed by atoms with van der Waals surface area (Å²) >= 11 is 0. The number of ether oxygens (including phenoxy) is 1. The fourth-order valence-corrected chi connectivity index (χ4v) is 7.72. The lowest BCUT2D eigenvalue weighted by atomic mass is 9.62. The van der Waals surface area contributed by atoms with Crippen molar-refractivity contribution in [1.82, 2.24) is 5.06 Å². The Balaban J connectivity index is 1.67. The van der Waals surface area contributed by atoms with Crippen LogP contribution in [0, 0.1) is 12.8 Å². The van der Waals surface area contributed by atoms with E-state index in [2.05, 4.69) is 0 Å². The summed E-state index contributed by atoms with van der Waals surface area (Å²) in [5.41, 5.74) is 1.34. The number of hydrogen-bond donors (Lipinski definition) is 2. The van der Waals surface area contributed by atoms with E-state index in [4.69, 9.17) is 4.74 Å². The molecule has 1 aromatic carbocycles. The van der Waals surface area contributed by atoms with Crippen molar-refractivity contribution in [3.05, 3.63) is 23.3 Å². The van der Waals surface area contributed by atoms with E-state index in [0.717, 1.165) is 76.2 Å². The molecule has 2 spiro atoms. The zero-order chi connectivity index (χ0) is 22.3. The molecule has 6 nitrogen and oxygen atoms in total. The highest BCUT2D eigenvalue weighted by Gasteiger charge is 2.54. The van der Waals surface area contributed by atoms with Crippen LogP contribution in [0.1, 0.15) is 88.2 Å². The topological polar surface area (TPSA) is 87.1 Å². The predicted molar refractivity (Wildman–Crippen MR) is 119 cm³/mol. The number of nitrogens with zero attached hydrogens (tertiary/aromatic N) is 1. The summed E-state index contributed by atoms with van der Waals surface area (Å²) in [5.74, 6) is 0.588. The molecule has 1 aromatic rings. The maximum Gasteiger partial charge on any atom is 0.298 e. The highest BCUT2D eigenvalue weighted by Crippen LogP contribution is 2.53. The molecule has 4 rings (SSSR count). The largest absolute Gasteiger partial charge is 0.495 e. The lowest BCUT2D eigenvalue weighted by molar-refractivity contribution is -0.286. The summed E-state index contributed by atoms with van der Waals surface area (Å²) in [7, 11) is -2.94. The standard InChI is InChI=1S/C24H37NO5S/c1-18-13-19(15-21(22(18)30-2)31(27,28)29)14-20-16-23(9-5-3-6-10-23)25(26)24(17-20)11-7-4-8-12-24/h13,15,20,26H,3-12,14,16-17H2,1-2H3,(H,27,28,29). The van der Waals surface area contributed by atoms with Gasteiger partial charge in [0.15, 0.2) is 0 Å². The van der Waals surface area contributed by atoms with Gasteiger partial charge in [0.25, 0.3) is 10.1 Å². The van der Waals surface area contributed by atoms with Crippen molar-refractivity contribution in [3.8, 4) is 5.75 Å². The van der Waals surface area contributed by atoms with Crippen LogP contribution in [0.15, 0.2) is 17.0 Å². The lowest BCUT2D eigenvalue weighted by Crippen LogP contribution is -2.65.